The summed E-state index contributed by atoms with van der Waals surface area (Å²) in [5, 5.41) is 10.4. The molecule has 3 rings (SSSR count). The number of amides is 1. The number of aromatic nitrogens is 1. The van der Waals surface area contributed by atoms with Gasteiger partial charge in [-0.1, -0.05) is 30.3 Å². The van der Waals surface area contributed by atoms with E-state index in [1.165, 1.54) is 7.11 Å². The molecule has 7 heteroatoms. The number of pyridine rings is 1. The van der Waals surface area contributed by atoms with Crippen LogP contribution in [0.25, 0.3) is 11.1 Å². The lowest BCUT2D eigenvalue weighted by molar-refractivity contribution is -0.145. The van der Waals surface area contributed by atoms with Crippen LogP contribution < -0.4 is 11.1 Å². The minimum atomic E-state index is -0.563. The van der Waals surface area contributed by atoms with Crippen LogP contribution in [-0.2, 0) is 16.0 Å². The number of hydrogen-bond donors (Lipinski definition) is 3. The van der Waals surface area contributed by atoms with E-state index in [4.69, 9.17) is 15.9 Å². The van der Waals surface area contributed by atoms with Crippen LogP contribution in [0.5, 0.6) is 0 Å². The van der Waals surface area contributed by atoms with Gasteiger partial charge in [0.1, 0.15) is 5.84 Å². The number of rotatable bonds is 8. The molecule has 0 aliphatic rings. The second kappa shape index (κ2) is 10.2. The molecule has 2 aromatic carbocycles. The molecule has 1 amide bonds. The lowest BCUT2D eigenvalue weighted by atomic mass is 9.97. The number of carbonyl (C=O) groups excluding carboxylic acids is 2. The lowest BCUT2D eigenvalue weighted by Gasteiger charge is -2.16. The molecular weight excluding hydrogens is 392 g/mol. The summed E-state index contributed by atoms with van der Waals surface area (Å²) in [7, 11) is 1.32. The standard InChI is InChI=1S/C24H24N4O3/c1-31-24(30)21(14-16-3-2-4-20(13-16)22(25)26)15-28-23(29)19-7-5-17(6-8-19)18-9-11-27-12-10-18/h2-13,21H,14-15H2,1H3,(H3,25,26)(H,28,29)/t21-/m1/s1. The van der Waals surface area contributed by atoms with Crippen LogP contribution in [0, 0.1) is 11.3 Å². The van der Waals surface area contributed by atoms with Crippen molar-refractivity contribution in [1.29, 1.82) is 5.41 Å². The van der Waals surface area contributed by atoms with Gasteiger partial charge in [0.05, 0.1) is 13.0 Å². The van der Waals surface area contributed by atoms with E-state index in [0.29, 0.717) is 17.5 Å². The van der Waals surface area contributed by atoms with E-state index in [2.05, 4.69) is 10.3 Å². The Labute approximate surface area is 180 Å². The Morgan fingerprint density at radius 1 is 1.03 bits per heavy atom. The highest BCUT2D eigenvalue weighted by atomic mass is 16.5. The second-order valence-electron chi connectivity index (χ2n) is 7.06. The van der Waals surface area contributed by atoms with Crippen molar-refractivity contribution in [3.63, 3.8) is 0 Å². The first kappa shape index (κ1) is 21.7. The molecule has 158 valence electrons. The first-order chi connectivity index (χ1) is 15.0. The predicted octanol–water partition coefficient (Wildman–Crippen LogP) is 2.79. The van der Waals surface area contributed by atoms with Gasteiger partial charge in [-0.25, -0.2) is 0 Å². The Morgan fingerprint density at radius 2 is 1.71 bits per heavy atom. The van der Waals surface area contributed by atoms with Crippen LogP contribution in [-0.4, -0.2) is 36.4 Å². The Bertz CT molecular complexity index is 1070. The topological polar surface area (TPSA) is 118 Å². The molecule has 0 saturated carbocycles. The van der Waals surface area contributed by atoms with Crippen LogP contribution in [0.4, 0.5) is 0 Å². The molecule has 0 fully saturated rings. The van der Waals surface area contributed by atoms with E-state index in [0.717, 1.165) is 16.7 Å². The molecule has 0 saturated heterocycles. The van der Waals surface area contributed by atoms with Crippen LogP contribution in [0.15, 0.2) is 73.1 Å². The Hall–Kier alpha value is -4.00. The molecule has 3 aromatic rings. The lowest BCUT2D eigenvalue weighted by Crippen LogP contribution is -2.34. The summed E-state index contributed by atoms with van der Waals surface area (Å²) in [6.45, 7) is 0.127. The maximum atomic E-state index is 12.6. The molecule has 1 atom stereocenters. The fourth-order valence-electron chi connectivity index (χ4n) is 3.23. The van der Waals surface area contributed by atoms with Crippen molar-refractivity contribution >= 4 is 17.7 Å². The highest BCUT2D eigenvalue weighted by molar-refractivity contribution is 5.95. The fourth-order valence-corrected chi connectivity index (χ4v) is 3.23. The van der Waals surface area contributed by atoms with Crippen LogP contribution in [0.1, 0.15) is 21.5 Å². The summed E-state index contributed by atoms with van der Waals surface area (Å²) in [4.78, 5) is 28.8. The largest absolute Gasteiger partial charge is 0.469 e. The molecule has 0 unspecified atom stereocenters. The summed E-state index contributed by atoms with van der Waals surface area (Å²) < 4.78 is 4.90. The van der Waals surface area contributed by atoms with E-state index >= 15 is 0 Å². The number of amidine groups is 1. The number of nitrogen functional groups attached to an aromatic ring is 1. The van der Waals surface area contributed by atoms with Crippen molar-refractivity contribution in [2.75, 3.05) is 13.7 Å². The minimum Gasteiger partial charge on any atom is -0.469 e. The third-order valence-corrected chi connectivity index (χ3v) is 4.92. The summed E-state index contributed by atoms with van der Waals surface area (Å²) in [6.07, 6.45) is 3.79. The van der Waals surface area contributed by atoms with Crippen molar-refractivity contribution in [3.05, 3.63) is 89.7 Å². The quantitative estimate of drug-likeness (QED) is 0.296. The number of benzene rings is 2. The maximum Gasteiger partial charge on any atom is 0.310 e. The predicted molar refractivity (Wildman–Crippen MR) is 119 cm³/mol. The van der Waals surface area contributed by atoms with Gasteiger partial charge in [-0.05, 0) is 53.4 Å². The Balaban J connectivity index is 1.66. The molecule has 0 aliphatic carbocycles. The number of nitrogens with one attached hydrogen (secondary N) is 2. The SMILES string of the molecule is COC(=O)[C@@H](CNC(=O)c1ccc(-c2ccncc2)cc1)Cc1cccc(C(=N)N)c1. The van der Waals surface area contributed by atoms with E-state index in [1.807, 2.05) is 30.3 Å². The van der Waals surface area contributed by atoms with Crippen molar-refractivity contribution in [2.45, 2.75) is 6.42 Å². The fraction of sp³-hybridized carbons (Fsp3) is 0.167. The molecule has 1 aromatic heterocycles. The minimum absolute atomic E-state index is 0.0417. The molecule has 0 spiro atoms. The average Bonchev–Trinajstić information content (AvgIpc) is 2.81. The zero-order valence-electron chi connectivity index (χ0n) is 17.2. The van der Waals surface area contributed by atoms with Crippen LogP contribution in [0.2, 0.25) is 0 Å². The van der Waals surface area contributed by atoms with Crippen molar-refractivity contribution < 1.29 is 14.3 Å². The van der Waals surface area contributed by atoms with Gasteiger partial charge in [0.2, 0.25) is 0 Å². The monoisotopic (exact) mass is 416 g/mol. The third-order valence-electron chi connectivity index (χ3n) is 4.92. The number of esters is 1. The first-order valence-electron chi connectivity index (χ1n) is 9.77. The van der Waals surface area contributed by atoms with Gasteiger partial charge in [0.15, 0.2) is 0 Å². The number of ether oxygens (including phenoxy) is 1. The number of methoxy groups -OCH3 is 1. The van der Waals surface area contributed by atoms with E-state index in [9.17, 15) is 9.59 Å². The molecule has 7 nitrogen and oxygen atoms in total. The van der Waals surface area contributed by atoms with Gasteiger partial charge >= 0.3 is 5.97 Å². The second-order valence-corrected chi connectivity index (χ2v) is 7.06. The molecule has 0 radical (unpaired) electrons. The van der Waals surface area contributed by atoms with E-state index < -0.39 is 11.9 Å². The van der Waals surface area contributed by atoms with Gasteiger partial charge in [-0.3, -0.25) is 20.0 Å². The Kier molecular flexibility index (Phi) is 7.11. The van der Waals surface area contributed by atoms with E-state index in [-0.39, 0.29) is 18.3 Å². The van der Waals surface area contributed by atoms with Gasteiger partial charge in [0, 0.05) is 30.1 Å². The smallest absolute Gasteiger partial charge is 0.310 e. The highest BCUT2D eigenvalue weighted by Crippen LogP contribution is 2.19. The molecule has 31 heavy (non-hydrogen) atoms. The first-order valence-corrected chi connectivity index (χ1v) is 9.77. The summed E-state index contributed by atoms with van der Waals surface area (Å²) in [5.74, 6) is -1.29. The zero-order chi connectivity index (χ0) is 22.2. The number of hydrogen-bond acceptors (Lipinski definition) is 5. The zero-order valence-corrected chi connectivity index (χ0v) is 17.2. The van der Waals surface area contributed by atoms with E-state index in [1.54, 1.807) is 42.7 Å². The molecule has 0 bridgehead atoms. The third kappa shape index (κ3) is 5.76. The summed E-state index contributed by atoms with van der Waals surface area (Å²) in [5.41, 5.74) is 9.45. The van der Waals surface area contributed by atoms with Crippen molar-refractivity contribution in [1.82, 2.24) is 10.3 Å². The van der Waals surface area contributed by atoms with Gasteiger partial charge in [0.25, 0.3) is 5.91 Å². The normalized spacial score (nSPS) is 11.4. The summed E-state index contributed by atoms with van der Waals surface area (Å²) in [6, 6.07) is 18.2. The van der Waals surface area contributed by atoms with Gasteiger partial charge in [-0.2, -0.15) is 0 Å². The Morgan fingerprint density at radius 3 is 2.35 bits per heavy atom. The van der Waals surface area contributed by atoms with Gasteiger partial charge < -0.3 is 15.8 Å². The summed E-state index contributed by atoms with van der Waals surface area (Å²) >= 11 is 0. The maximum absolute atomic E-state index is 12.6. The van der Waals surface area contributed by atoms with Crippen molar-refractivity contribution in [3.8, 4) is 11.1 Å². The van der Waals surface area contributed by atoms with Crippen molar-refractivity contribution in [2.24, 2.45) is 11.7 Å². The van der Waals surface area contributed by atoms with Crippen LogP contribution >= 0.6 is 0 Å². The highest BCUT2D eigenvalue weighted by Gasteiger charge is 2.21. The molecule has 1 heterocycles. The molecule has 0 aliphatic heterocycles. The number of nitrogens with zero attached hydrogens (tertiary/aromatic N) is 1. The number of nitrogens with two attached hydrogens (primary N) is 1. The number of carbonyl (C=O) groups is 2. The van der Waals surface area contributed by atoms with Gasteiger partial charge in [-0.15, -0.1) is 0 Å². The van der Waals surface area contributed by atoms with Crippen LogP contribution in [0.3, 0.4) is 0 Å². The molecular formula is C24H24N4O3. The molecule has 4 N–H and O–H groups in total. The average molecular weight is 416 g/mol.